The van der Waals surface area contributed by atoms with Crippen molar-refractivity contribution in [2.75, 3.05) is 5.32 Å². The Bertz CT molecular complexity index is 1170. The van der Waals surface area contributed by atoms with E-state index < -0.39 is 5.97 Å². The zero-order chi connectivity index (χ0) is 20.2. The minimum atomic E-state index is -0.502. The summed E-state index contributed by atoms with van der Waals surface area (Å²) in [5.74, 6) is -0.670. The quantitative estimate of drug-likeness (QED) is 0.368. The molecule has 0 aliphatic carbocycles. The van der Waals surface area contributed by atoms with Crippen molar-refractivity contribution in [3.05, 3.63) is 95.0 Å². The predicted molar refractivity (Wildman–Crippen MR) is 109 cm³/mol. The first-order valence-electron chi connectivity index (χ1n) is 8.76. The molecule has 0 aliphatic heterocycles. The lowest BCUT2D eigenvalue weighted by molar-refractivity contribution is 0.0472. The van der Waals surface area contributed by atoms with Crippen molar-refractivity contribution in [2.45, 2.75) is 6.61 Å². The van der Waals surface area contributed by atoms with Crippen LogP contribution in [0.3, 0.4) is 0 Å². The zero-order valence-electron chi connectivity index (χ0n) is 15.1. The fraction of sp³-hybridized carbons (Fsp3) is 0.0455. The molecule has 6 nitrogen and oxygen atoms in total. The fourth-order valence-electron chi connectivity index (χ4n) is 2.75. The molecule has 4 rings (SSSR count). The van der Waals surface area contributed by atoms with Crippen LogP contribution in [0.4, 0.5) is 5.69 Å². The van der Waals surface area contributed by atoms with Gasteiger partial charge in [0.15, 0.2) is 5.76 Å². The molecule has 1 N–H and O–H groups in total. The number of esters is 1. The monoisotopic (exact) mass is 406 g/mol. The minimum absolute atomic E-state index is 0.00643. The summed E-state index contributed by atoms with van der Waals surface area (Å²) in [6.07, 6.45) is 1.42. The van der Waals surface area contributed by atoms with E-state index in [1.165, 1.54) is 6.26 Å². The van der Waals surface area contributed by atoms with Crippen molar-refractivity contribution >= 4 is 40.1 Å². The second-order valence-corrected chi connectivity index (χ2v) is 6.57. The number of para-hydroxylation sites is 1. The Morgan fingerprint density at radius 2 is 1.83 bits per heavy atom. The van der Waals surface area contributed by atoms with Crippen molar-refractivity contribution in [2.24, 2.45) is 0 Å². The maximum atomic E-state index is 12.3. The highest BCUT2D eigenvalue weighted by Gasteiger charge is 2.12. The van der Waals surface area contributed by atoms with Gasteiger partial charge in [-0.2, -0.15) is 0 Å². The number of nitrogens with zero attached hydrogens (tertiary/aromatic N) is 1. The van der Waals surface area contributed by atoms with Gasteiger partial charge in [0.1, 0.15) is 11.8 Å². The van der Waals surface area contributed by atoms with Crippen LogP contribution in [0.15, 0.2) is 77.4 Å². The van der Waals surface area contributed by atoms with Crippen LogP contribution in [0.2, 0.25) is 5.15 Å². The summed E-state index contributed by atoms with van der Waals surface area (Å²) >= 11 is 6.19. The molecule has 29 heavy (non-hydrogen) atoms. The molecule has 0 aliphatic rings. The van der Waals surface area contributed by atoms with Gasteiger partial charge in [-0.05, 0) is 48.5 Å². The number of fused-ring (bicyclic) bond motifs is 1. The van der Waals surface area contributed by atoms with Gasteiger partial charge < -0.3 is 14.5 Å². The summed E-state index contributed by atoms with van der Waals surface area (Å²) in [6, 6.07) is 19.0. The molecule has 0 unspecified atom stereocenters. The largest absolute Gasteiger partial charge is 0.459 e. The molecule has 144 valence electrons. The summed E-state index contributed by atoms with van der Waals surface area (Å²) in [5.41, 5.74) is 2.29. The molecule has 7 heteroatoms. The number of pyridine rings is 1. The highest BCUT2D eigenvalue weighted by atomic mass is 35.5. The number of nitrogens with one attached hydrogen (secondary N) is 1. The van der Waals surface area contributed by atoms with Gasteiger partial charge in [0.2, 0.25) is 0 Å². The van der Waals surface area contributed by atoms with Crippen molar-refractivity contribution in [1.29, 1.82) is 0 Å². The number of carbonyl (C=O) groups excluding carboxylic acids is 2. The first kappa shape index (κ1) is 18.7. The van der Waals surface area contributed by atoms with Gasteiger partial charge in [0.05, 0.1) is 17.3 Å². The van der Waals surface area contributed by atoms with Gasteiger partial charge in [-0.3, -0.25) is 4.79 Å². The molecule has 0 spiro atoms. The number of rotatable bonds is 5. The number of halogens is 1. The van der Waals surface area contributed by atoms with Crippen LogP contribution >= 0.6 is 11.6 Å². The van der Waals surface area contributed by atoms with E-state index in [4.69, 9.17) is 20.8 Å². The Labute approximate surface area is 171 Å². The molecule has 0 saturated heterocycles. The molecule has 0 bridgehead atoms. The number of anilines is 1. The Balaban J connectivity index is 1.40. The van der Waals surface area contributed by atoms with Crippen LogP contribution in [0.1, 0.15) is 26.5 Å². The molecule has 0 saturated carbocycles. The molecule has 1 amide bonds. The summed E-state index contributed by atoms with van der Waals surface area (Å²) in [4.78, 5) is 28.6. The lowest BCUT2D eigenvalue weighted by Gasteiger charge is -2.08. The standard InChI is InChI=1S/C22H15ClN2O4/c23-20-16(12-15-4-1-2-5-18(15)25-20)13-29-22(27)14-7-9-17(10-8-14)24-21(26)19-6-3-11-28-19/h1-12H,13H2,(H,24,26). The molecule has 0 atom stereocenters. The highest BCUT2D eigenvalue weighted by molar-refractivity contribution is 6.30. The second kappa shape index (κ2) is 8.16. The smallest absolute Gasteiger partial charge is 0.338 e. The predicted octanol–water partition coefficient (Wildman–Crippen LogP) is 5.09. The number of hydrogen-bond acceptors (Lipinski definition) is 5. The normalized spacial score (nSPS) is 10.7. The van der Waals surface area contributed by atoms with E-state index in [0.29, 0.717) is 22.0 Å². The average molecular weight is 407 g/mol. The van der Waals surface area contributed by atoms with Gasteiger partial charge in [-0.15, -0.1) is 0 Å². The Kier molecular flexibility index (Phi) is 5.27. The van der Waals surface area contributed by atoms with E-state index in [1.807, 2.05) is 30.3 Å². The van der Waals surface area contributed by atoms with Crippen LogP contribution in [0.25, 0.3) is 10.9 Å². The van der Waals surface area contributed by atoms with Crippen molar-refractivity contribution in [1.82, 2.24) is 4.98 Å². The molecule has 0 fully saturated rings. The van der Waals surface area contributed by atoms with Crippen LogP contribution in [0, 0.1) is 0 Å². The van der Waals surface area contributed by atoms with E-state index in [-0.39, 0.29) is 18.3 Å². The Hall–Kier alpha value is -3.64. The van der Waals surface area contributed by atoms with E-state index in [2.05, 4.69) is 10.3 Å². The molecular formula is C22H15ClN2O4. The van der Waals surface area contributed by atoms with Gasteiger partial charge in [0, 0.05) is 16.6 Å². The van der Waals surface area contributed by atoms with Crippen molar-refractivity contribution in [3.63, 3.8) is 0 Å². The van der Waals surface area contributed by atoms with E-state index in [9.17, 15) is 9.59 Å². The molecule has 4 aromatic rings. The van der Waals surface area contributed by atoms with Crippen LogP contribution in [0.5, 0.6) is 0 Å². The van der Waals surface area contributed by atoms with Crippen LogP contribution in [-0.2, 0) is 11.3 Å². The second-order valence-electron chi connectivity index (χ2n) is 6.22. The molecule has 2 aromatic carbocycles. The SMILES string of the molecule is O=C(OCc1cc2ccccc2nc1Cl)c1ccc(NC(=O)c2ccco2)cc1. The number of furan rings is 1. The van der Waals surface area contributed by atoms with Crippen LogP contribution < -0.4 is 5.32 Å². The third kappa shape index (κ3) is 4.28. The zero-order valence-corrected chi connectivity index (χ0v) is 15.8. The first-order valence-corrected chi connectivity index (χ1v) is 9.14. The molecule has 0 radical (unpaired) electrons. The summed E-state index contributed by atoms with van der Waals surface area (Å²) in [6.45, 7) is 0.00643. The van der Waals surface area contributed by atoms with Gasteiger partial charge >= 0.3 is 5.97 Å². The first-order chi connectivity index (χ1) is 14.1. The van der Waals surface area contributed by atoms with Crippen molar-refractivity contribution < 1.29 is 18.7 Å². The number of hydrogen-bond donors (Lipinski definition) is 1. The Morgan fingerprint density at radius 3 is 2.59 bits per heavy atom. The number of aromatic nitrogens is 1. The summed E-state index contributed by atoms with van der Waals surface area (Å²) in [5, 5.41) is 3.90. The minimum Gasteiger partial charge on any atom is -0.459 e. The number of amides is 1. The van der Waals surface area contributed by atoms with E-state index in [0.717, 1.165) is 10.9 Å². The third-order valence-corrected chi connectivity index (χ3v) is 4.56. The highest BCUT2D eigenvalue weighted by Crippen LogP contribution is 2.21. The van der Waals surface area contributed by atoms with Crippen LogP contribution in [-0.4, -0.2) is 16.9 Å². The maximum absolute atomic E-state index is 12.3. The third-order valence-electron chi connectivity index (χ3n) is 4.23. The fourth-order valence-corrected chi connectivity index (χ4v) is 2.95. The van der Waals surface area contributed by atoms with Gasteiger partial charge in [-0.1, -0.05) is 29.8 Å². The summed E-state index contributed by atoms with van der Waals surface area (Å²) < 4.78 is 10.4. The number of carbonyl (C=O) groups is 2. The van der Waals surface area contributed by atoms with E-state index in [1.54, 1.807) is 36.4 Å². The van der Waals surface area contributed by atoms with Crippen molar-refractivity contribution in [3.8, 4) is 0 Å². The topological polar surface area (TPSA) is 81.4 Å². The average Bonchev–Trinajstić information content (AvgIpc) is 3.27. The molecular weight excluding hydrogens is 392 g/mol. The number of benzene rings is 2. The Morgan fingerprint density at radius 1 is 1.03 bits per heavy atom. The summed E-state index contributed by atoms with van der Waals surface area (Å²) in [7, 11) is 0. The number of ether oxygens (including phenoxy) is 1. The molecule has 2 aromatic heterocycles. The molecule has 2 heterocycles. The lowest BCUT2D eigenvalue weighted by atomic mass is 10.1. The lowest BCUT2D eigenvalue weighted by Crippen LogP contribution is -2.11. The van der Waals surface area contributed by atoms with E-state index >= 15 is 0 Å². The maximum Gasteiger partial charge on any atom is 0.338 e. The van der Waals surface area contributed by atoms with Gasteiger partial charge in [-0.25, -0.2) is 9.78 Å². The van der Waals surface area contributed by atoms with Gasteiger partial charge in [0.25, 0.3) is 5.91 Å².